The minimum Gasteiger partial charge on any atom is -0.457 e. The number of ether oxygens (including phenoxy) is 1. The quantitative estimate of drug-likeness (QED) is 0.369. The van der Waals surface area contributed by atoms with Crippen molar-refractivity contribution in [3.05, 3.63) is 90.1 Å². The Bertz CT molecular complexity index is 1280. The standard InChI is InChI=1S/C28H26N2O2/c1-2-22-19-26(25-13-3-4-14-27(25)29-22)20-9-7-11-23(17-20)32-24-12-8-10-21(18-24)28(31)30-15-5-6-16-30/h3-4,7-14,17-19H,2,5-6,15-16H2,1H3. The van der Waals surface area contributed by atoms with Gasteiger partial charge in [-0.2, -0.15) is 0 Å². The lowest BCUT2D eigenvalue weighted by atomic mass is 9.99. The van der Waals surface area contributed by atoms with Crippen LogP contribution >= 0.6 is 0 Å². The van der Waals surface area contributed by atoms with Crippen LogP contribution in [0.3, 0.4) is 0 Å². The van der Waals surface area contributed by atoms with Gasteiger partial charge in [0.1, 0.15) is 11.5 Å². The Hall–Kier alpha value is -3.66. The fourth-order valence-electron chi connectivity index (χ4n) is 4.31. The van der Waals surface area contributed by atoms with Crippen molar-refractivity contribution < 1.29 is 9.53 Å². The van der Waals surface area contributed by atoms with E-state index in [1.807, 2.05) is 53.4 Å². The molecule has 0 spiro atoms. The molecule has 4 nitrogen and oxygen atoms in total. The van der Waals surface area contributed by atoms with Gasteiger partial charge in [-0.15, -0.1) is 0 Å². The highest BCUT2D eigenvalue weighted by Gasteiger charge is 2.19. The van der Waals surface area contributed by atoms with E-state index in [0.29, 0.717) is 11.3 Å². The molecule has 1 fully saturated rings. The lowest BCUT2D eigenvalue weighted by Gasteiger charge is -2.16. The lowest BCUT2D eigenvalue weighted by Crippen LogP contribution is -2.27. The number of carbonyl (C=O) groups excluding carboxylic acids is 1. The number of aryl methyl sites for hydroxylation is 1. The van der Waals surface area contributed by atoms with Gasteiger partial charge in [0.15, 0.2) is 0 Å². The fourth-order valence-corrected chi connectivity index (χ4v) is 4.31. The predicted molar refractivity (Wildman–Crippen MR) is 128 cm³/mol. The number of amides is 1. The number of carbonyl (C=O) groups is 1. The second-order valence-corrected chi connectivity index (χ2v) is 8.19. The number of para-hydroxylation sites is 1. The van der Waals surface area contributed by atoms with Crippen LogP contribution in [0.4, 0.5) is 0 Å². The first-order chi connectivity index (χ1) is 15.7. The van der Waals surface area contributed by atoms with Crippen LogP contribution in [0.25, 0.3) is 22.0 Å². The Morgan fingerprint density at radius 2 is 1.66 bits per heavy atom. The summed E-state index contributed by atoms with van der Waals surface area (Å²) in [5.41, 5.74) is 4.98. The zero-order chi connectivity index (χ0) is 21.9. The van der Waals surface area contributed by atoms with Crippen molar-refractivity contribution >= 4 is 16.8 Å². The smallest absolute Gasteiger partial charge is 0.253 e. The Morgan fingerprint density at radius 1 is 0.906 bits per heavy atom. The minimum atomic E-state index is 0.0806. The zero-order valence-corrected chi connectivity index (χ0v) is 18.3. The molecule has 32 heavy (non-hydrogen) atoms. The van der Waals surface area contributed by atoms with Gasteiger partial charge < -0.3 is 9.64 Å². The molecular weight excluding hydrogens is 396 g/mol. The van der Waals surface area contributed by atoms with Crippen LogP contribution in [0, 0.1) is 0 Å². The predicted octanol–water partition coefficient (Wildman–Crippen LogP) is 6.49. The number of benzene rings is 3. The summed E-state index contributed by atoms with van der Waals surface area (Å²) in [5, 5.41) is 1.13. The third-order valence-electron chi connectivity index (χ3n) is 5.99. The molecule has 1 amide bonds. The summed E-state index contributed by atoms with van der Waals surface area (Å²) in [4.78, 5) is 19.4. The first-order valence-corrected chi connectivity index (χ1v) is 11.3. The summed E-state index contributed by atoms with van der Waals surface area (Å²) in [5.74, 6) is 1.49. The van der Waals surface area contributed by atoms with Gasteiger partial charge >= 0.3 is 0 Å². The molecule has 1 aliphatic heterocycles. The Kier molecular flexibility index (Phi) is 5.59. The number of likely N-dealkylation sites (tertiary alicyclic amines) is 1. The average Bonchev–Trinajstić information content (AvgIpc) is 3.38. The topological polar surface area (TPSA) is 42.4 Å². The molecule has 1 aromatic heterocycles. The molecule has 4 heteroatoms. The Morgan fingerprint density at radius 3 is 2.47 bits per heavy atom. The highest BCUT2D eigenvalue weighted by Crippen LogP contribution is 2.32. The summed E-state index contributed by atoms with van der Waals surface area (Å²) >= 11 is 0. The molecule has 0 saturated carbocycles. The molecule has 0 aliphatic carbocycles. The van der Waals surface area contributed by atoms with Gasteiger partial charge in [-0.05, 0) is 72.9 Å². The first-order valence-electron chi connectivity index (χ1n) is 11.3. The Balaban J connectivity index is 1.45. The summed E-state index contributed by atoms with van der Waals surface area (Å²) in [7, 11) is 0. The molecule has 1 aliphatic rings. The van der Waals surface area contributed by atoms with Crippen molar-refractivity contribution in [3.8, 4) is 22.6 Å². The molecule has 1 saturated heterocycles. The maximum Gasteiger partial charge on any atom is 0.253 e. The van der Waals surface area contributed by atoms with Crippen molar-refractivity contribution in [3.63, 3.8) is 0 Å². The summed E-state index contributed by atoms with van der Waals surface area (Å²) in [6.07, 6.45) is 3.04. The third-order valence-corrected chi connectivity index (χ3v) is 5.99. The van der Waals surface area contributed by atoms with Crippen LogP contribution in [0.1, 0.15) is 35.8 Å². The van der Waals surface area contributed by atoms with E-state index in [0.717, 1.165) is 65.8 Å². The zero-order valence-electron chi connectivity index (χ0n) is 18.3. The minimum absolute atomic E-state index is 0.0806. The van der Waals surface area contributed by atoms with Gasteiger partial charge in [0.05, 0.1) is 5.52 Å². The molecular formula is C28H26N2O2. The molecule has 5 rings (SSSR count). The van der Waals surface area contributed by atoms with E-state index in [1.165, 1.54) is 0 Å². The van der Waals surface area contributed by atoms with E-state index in [9.17, 15) is 4.79 Å². The van der Waals surface area contributed by atoms with Crippen molar-refractivity contribution in [1.82, 2.24) is 9.88 Å². The van der Waals surface area contributed by atoms with Gasteiger partial charge in [-0.25, -0.2) is 0 Å². The van der Waals surface area contributed by atoms with Crippen LogP contribution in [0.15, 0.2) is 78.9 Å². The van der Waals surface area contributed by atoms with Gasteiger partial charge in [0.25, 0.3) is 5.91 Å². The van der Waals surface area contributed by atoms with E-state index in [2.05, 4.69) is 37.3 Å². The normalized spacial score (nSPS) is 13.5. The van der Waals surface area contributed by atoms with Crippen LogP contribution < -0.4 is 4.74 Å². The average molecular weight is 423 g/mol. The number of nitrogens with zero attached hydrogens (tertiary/aromatic N) is 2. The van der Waals surface area contributed by atoms with Crippen molar-refractivity contribution in [2.45, 2.75) is 26.2 Å². The van der Waals surface area contributed by atoms with Gasteiger partial charge in [0, 0.05) is 29.7 Å². The molecule has 2 heterocycles. The largest absolute Gasteiger partial charge is 0.457 e. The summed E-state index contributed by atoms with van der Waals surface area (Å²) in [6.45, 7) is 3.80. The fraction of sp³-hybridized carbons (Fsp3) is 0.214. The second-order valence-electron chi connectivity index (χ2n) is 8.19. The number of aromatic nitrogens is 1. The van der Waals surface area contributed by atoms with Crippen LogP contribution in [-0.4, -0.2) is 28.9 Å². The highest BCUT2D eigenvalue weighted by molar-refractivity contribution is 5.95. The van der Waals surface area contributed by atoms with E-state index >= 15 is 0 Å². The van der Waals surface area contributed by atoms with E-state index < -0.39 is 0 Å². The molecule has 0 bridgehead atoms. The molecule has 0 N–H and O–H groups in total. The monoisotopic (exact) mass is 422 g/mol. The van der Waals surface area contributed by atoms with Crippen LogP contribution in [0.5, 0.6) is 11.5 Å². The lowest BCUT2D eigenvalue weighted by molar-refractivity contribution is 0.0792. The molecule has 0 atom stereocenters. The van der Waals surface area contributed by atoms with Gasteiger partial charge in [0.2, 0.25) is 0 Å². The van der Waals surface area contributed by atoms with Gasteiger partial charge in [-0.1, -0.05) is 43.3 Å². The van der Waals surface area contributed by atoms with Crippen LogP contribution in [-0.2, 0) is 6.42 Å². The number of hydrogen-bond donors (Lipinski definition) is 0. The third kappa shape index (κ3) is 4.09. The molecule has 0 radical (unpaired) electrons. The second kappa shape index (κ2) is 8.83. The van der Waals surface area contributed by atoms with E-state index in [4.69, 9.17) is 9.72 Å². The van der Waals surface area contributed by atoms with Crippen molar-refractivity contribution in [1.29, 1.82) is 0 Å². The van der Waals surface area contributed by atoms with E-state index in [-0.39, 0.29) is 5.91 Å². The maximum atomic E-state index is 12.7. The van der Waals surface area contributed by atoms with Crippen LogP contribution in [0.2, 0.25) is 0 Å². The van der Waals surface area contributed by atoms with E-state index in [1.54, 1.807) is 0 Å². The Labute approximate surface area is 188 Å². The maximum absolute atomic E-state index is 12.7. The highest BCUT2D eigenvalue weighted by atomic mass is 16.5. The number of fused-ring (bicyclic) bond motifs is 1. The molecule has 3 aromatic carbocycles. The molecule has 0 unspecified atom stereocenters. The summed E-state index contributed by atoms with van der Waals surface area (Å²) < 4.78 is 6.18. The molecule has 160 valence electrons. The molecule has 4 aromatic rings. The van der Waals surface area contributed by atoms with Gasteiger partial charge in [-0.3, -0.25) is 9.78 Å². The number of rotatable bonds is 5. The first kappa shape index (κ1) is 20.3. The van der Waals surface area contributed by atoms with Crippen molar-refractivity contribution in [2.75, 3.05) is 13.1 Å². The van der Waals surface area contributed by atoms with Crippen molar-refractivity contribution in [2.24, 2.45) is 0 Å². The number of pyridine rings is 1. The summed E-state index contributed by atoms with van der Waals surface area (Å²) in [6, 6.07) is 26.0. The number of hydrogen-bond acceptors (Lipinski definition) is 3. The SMILES string of the molecule is CCc1cc(-c2cccc(Oc3cccc(C(=O)N4CCCC4)c3)c2)c2ccccc2n1.